The number of pyridine rings is 1. The van der Waals surface area contributed by atoms with Gasteiger partial charge in [0.05, 0.1) is 6.04 Å². The number of aryl methyl sites for hydroxylation is 3. The number of hydrogen-bond acceptors (Lipinski definition) is 6. The summed E-state index contributed by atoms with van der Waals surface area (Å²) in [6.45, 7) is 4.46. The number of amides is 2. The zero-order chi connectivity index (χ0) is 26.6. The Morgan fingerprint density at radius 3 is 2.46 bits per heavy atom. The minimum Gasteiger partial charge on any atom is -0.508 e. The largest absolute Gasteiger partial charge is 0.508 e. The van der Waals surface area contributed by atoms with Crippen LogP contribution in [0.1, 0.15) is 42.1 Å². The van der Waals surface area contributed by atoms with Crippen LogP contribution in [-0.2, 0) is 29.0 Å². The molecule has 8 nitrogen and oxygen atoms in total. The number of phenols is 1. The van der Waals surface area contributed by atoms with E-state index in [4.69, 9.17) is 5.73 Å². The lowest BCUT2D eigenvalue weighted by molar-refractivity contribution is -0.129. The lowest BCUT2D eigenvalue weighted by Crippen LogP contribution is -2.51. The van der Waals surface area contributed by atoms with E-state index in [0.29, 0.717) is 25.3 Å². The summed E-state index contributed by atoms with van der Waals surface area (Å²) in [5.41, 5.74) is 9.52. The van der Waals surface area contributed by atoms with E-state index in [2.05, 4.69) is 20.9 Å². The number of nitrogens with one attached hydrogen (secondary N) is 3. The molecule has 2 unspecified atom stereocenters. The molecule has 6 N–H and O–H groups in total. The maximum absolute atomic E-state index is 13.1. The van der Waals surface area contributed by atoms with Gasteiger partial charge in [-0.05, 0) is 81.0 Å². The third kappa shape index (κ3) is 9.24. The Morgan fingerprint density at radius 2 is 1.73 bits per heavy atom. The molecule has 8 heteroatoms. The van der Waals surface area contributed by atoms with Gasteiger partial charge in [-0.1, -0.05) is 48.5 Å². The van der Waals surface area contributed by atoms with E-state index >= 15 is 0 Å². The topological polar surface area (TPSA) is 129 Å². The van der Waals surface area contributed by atoms with Gasteiger partial charge in [-0.2, -0.15) is 0 Å². The fourth-order valence-corrected chi connectivity index (χ4v) is 4.07. The molecule has 0 aliphatic rings. The van der Waals surface area contributed by atoms with E-state index in [0.717, 1.165) is 41.6 Å². The molecule has 3 aromatic rings. The van der Waals surface area contributed by atoms with Gasteiger partial charge < -0.3 is 26.8 Å². The number of carbonyl (C=O) groups is 2. The number of carbonyl (C=O) groups excluding carboxylic acids is 2. The minimum absolute atomic E-state index is 0.207. The molecule has 1 heterocycles. The Balaban J connectivity index is 1.53. The van der Waals surface area contributed by atoms with E-state index in [-0.39, 0.29) is 17.6 Å². The van der Waals surface area contributed by atoms with Crippen molar-refractivity contribution in [1.29, 1.82) is 0 Å². The monoisotopic (exact) mass is 503 g/mol. The fraction of sp³-hybridized carbons (Fsp3) is 0.345. The van der Waals surface area contributed by atoms with E-state index in [9.17, 15) is 14.7 Å². The van der Waals surface area contributed by atoms with Crippen molar-refractivity contribution in [3.8, 4) is 5.75 Å². The highest BCUT2D eigenvalue weighted by atomic mass is 16.3. The number of phenolic OH excluding ortho intramolecular Hbond substituents is 1. The number of rotatable bonds is 13. The van der Waals surface area contributed by atoms with Crippen LogP contribution in [-0.4, -0.2) is 40.5 Å². The van der Waals surface area contributed by atoms with Crippen LogP contribution >= 0.6 is 0 Å². The van der Waals surface area contributed by atoms with Crippen molar-refractivity contribution < 1.29 is 14.7 Å². The molecule has 0 saturated carbocycles. The molecule has 196 valence electrons. The summed E-state index contributed by atoms with van der Waals surface area (Å²) in [5.74, 6) is 0.210. The third-order valence-corrected chi connectivity index (χ3v) is 6.25. The van der Waals surface area contributed by atoms with Crippen LogP contribution in [0.4, 0.5) is 5.82 Å². The van der Waals surface area contributed by atoms with Crippen LogP contribution in [0, 0.1) is 6.92 Å². The highest BCUT2D eigenvalue weighted by molar-refractivity contribution is 5.89. The highest BCUT2D eigenvalue weighted by Crippen LogP contribution is 2.13. The average Bonchev–Trinajstić information content (AvgIpc) is 2.88. The van der Waals surface area contributed by atoms with Crippen LogP contribution in [0.5, 0.6) is 5.75 Å². The number of nitrogens with two attached hydrogens (primary N) is 1. The van der Waals surface area contributed by atoms with Gasteiger partial charge in [0.15, 0.2) is 0 Å². The average molecular weight is 504 g/mol. The van der Waals surface area contributed by atoms with E-state index in [1.165, 1.54) is 0 Å². The maximum atomic E-state index is 13.1. The summed E-state index contributed by atoms with van der Waals surface area (Å²) in [5, 5.41) is 18.7. The van der Waals surface area contributed by atoms with Gasteiger partial charge in [0, 0.05) is 12.2 Å². The van der Waals surface area contributed by atoms with Crippen molar-refractivity contribution in [2.75, 3.05) is 12.3 Å². The van der Waals surface area contributed by atoms with E-state index in [1.807, 2.05) is 55.5 Å². The molecule has 0 aliphatic carbocycles. The molecule has 1 aromatic heterocycles. The van der Waals surface area contributed by atoms with Crippen LogP contribution in [0.15, 0.2) is 66.7 Å². The molecule has 2 atom stereocenters. The number of nitrogen functional groups attached to an aromatic ring is 1. The molecule has 2 amide bonds. The fourth-order valence-electron chi connectivity index (χ4n) is 4.07. The zero-order valence-electron chi connectivity index (χ0n) is 21.5. The summed E-state index contributed by atoms with van der Waals surface area (Å²) in [6.07, 6.45) is 2.94. The molecule has 0 fully saturated rings. The summed E-state index contributed by atoms with van der Waals surface area (Å²) in [4.78, 5) is 30.0. The molecule has 0 radical (unpaired) electrons. The summed E-state index contributed by atoms with van der Waals surface area (Å²) in [6, 6.07) is 19.6. The van der Waals surface area contributed by atoms with Crippen molar-refractivity contribution in [1.82, 2.24) is 20.9 Å². The Bertz CT molecular complexity index is 1170. The highest BCUT2D eigenvalue weighted by Gasteiger charge is 2.22. The van der Waals surface area contributed by atoms with Gasteiger partial charge >= 0.3 is 0 Å². The van der Waals surface area contributed by atoms with Crippen molar-refractivity contribution in [3.05, 3.63) is 89.1 Å². The Kier molecular flexibility index (Phi) is 10.5. The van der Waals surface area contributed by atoms with Crippen molar-refractivity contribution in [2.24, 2.45) is 0 Å². The number of aromatic nitrogens is 1. The maximum Gasteiger partial charge on any atom is 0.242 e. The predicted molar refractivity (Wildman–Crippen MR) is 146 cm³/mol. The van der Waals surface area contributed by atoms with Crippen molar-refractivity contribution in [3.63, 3.8) is 0 Å². The summed E-state index contributed by atoms with van der Waals surface area (Å²) >= 11 is 0. The Labute approximate surface area is 218 Å². The van der Waals surface area contributed by atoms with Crippen molar-refractivity contribution >= 4 is 17.6 Å². The molecule has 0 bridgehead atoms. The molecule has 0 aliphatic heterocycles. The molecule has 2 aromatic carbocycles. The Morgan fingerprint density at radius 1 is 0.973 bits per heavy atom. The molecule has 0 spiro atoms. The van der Waals surface area contributed by atoms with Crippen LogP contribution in [0.3, 0.4) is 0 Å². The Hall–Kier alpha value is -3.91. The number of nitrogens with zero attached hydrogens (tertiary/aromatic N) is 1. The lowest BCUT2D eigenvalue weighted by atomic mass is 10.0. The first-order valence-electron chi connectivity index (χ1n) is 12.7. The molecule has 3 rings (SSSR count). The number of benzene rings is 2. The lowest BCUT2D eigenvalue weighted by Gasteiger charge is -2.21. The quantitative estimate of drug-likeness (QED) is 0.228. The number of anilines is 1. The van der Waals surface area contributed by atoms with Gasteiger partial charge in [-0.25, -0.2) is 4.98 Å². The van der Waals surface area contributed by atoms with Crippen LogP contribution < -0.4 is 21.7 Å². The van der Waals surface area contributed by atoms with E-state index in [1.54, 1.807) is 25.1 Å². The van der Waals surface area contributed by atoms with Gasteiger partial charge in [0.2, 0.25) is 11.8 Å². The molecule has 0 saturated heterocycles. The second-order valence-corrected chi connectivity index (χ2v) is 9.23. The molecular weight excluding hydrogens is 466 g/mol. The van der Waals surface area contributed by atoms with Crippen LogP contribution in [0.25, 0.3) is 0 Å². The smallest absolute Gasteiger partial charge is 0.242 e. The zero-order valence-corrected chi connectivity index (χ0v) is 21.5. The second-order valence-electron chi connectivity index (χ2n) is 9.23. The standard InChI is InChI=1S/C29H37N5O3/c1-20-24(14-16-27(30)33-20)19-32-28(36)21(2)34-29(37)26(15-13-22-8-4-3-5-9-22)31-17-7-11-23-10-6-12-25(35)18-23/h3-6,8-10,12,14,16,18,21,26,31,35H,7,11,13,15,17,19H2,1-2H3,(H2,30,33)(H,32,36)(H,34,37). The van der Waals surface area contributed by atoms with E-state index < -0.39 is 12.1 Å². The first-order chi connectivity index (χ1) is 17.8. The molecular formula is C29H37N5O3. The normalized spacial score (nSPS) is 12.5. The van der Waals surface area contributed by atoms with Gasteiger partial charge in [-0.15, -0.1) is 0 Å². The second kappa shape index (κ2) is 14.0. The van der Waals surface area contributed by atoms with Gasteiger partial charge in [0.1, 0.15) is 17.6 Å². The van der Waals surface area contributed by atoms with Crippen LogP contribution in [0.2, 0.25) is 0 Å². The minimum atomic E-state index is -0.692. The van der Waals surface area contributed by atoms with Crippen molar-refractivity contribution in [2.45, 2.75) is 58.2 Å². The summed E-state index contributed by atoms with van der Waals surface area (Å²) in [7, 11) is 0. The van der Waals surface area contributed by atoms with Gasteiger partial charge in [-0.3, -0.25) is 9.59 Å². The summed E-state index contributed by atoms with van der Waals surface area (Å²) < 4.78 is 0. The predicted octanol–water partition coefficient (Wildman–Crippen LogP) is 3.02. The van der Waals surface area contributed by atoms with Gasteiger partial charge in [0.25, 0.3) is 0 Å². The first kappa shape index (κ1) is 27.7. The first-order valence-corrected chi connectivity index (χ1v) is 12.7. The number of aromatic hydroxyl groups is 1. The molecule has 37 heavy (non-hydrogen) atoms. The third-order valence-electron chi connectivity index (χ3n) is 6.25. The SMILES string of the molecule is Cc1nc(N)ccc1CNC(=O)C(C)NC(=O)C(CCc1ccccc1)NCCCc1cccc(O)c1. The number of hydrogen-bond donors (Lipinski definition) is 5.